The van der Waals surface area contributed by atoms with Crippen molar-refractivity contribution in [1.82, 2.24) is 14.3 Å². The zero-order valence-electron chi connectivity index (χ0n) is 15.8. The Labute approximate surface area is 176 Å². The van der Waals surface area contributed by atoms with Gasteiger partial charge in [-0.25, -0.2) is 26.9 Å². The fraction of sp³-hybridized carbons (Fsp3) is 0.158. The van der Waals surface area contributed by atoms with Crippen molar-refractivity contribution in [3.63, 3.8) is 0 Å². The molecule has 0 unspecified atom stereocenters. The molecule has 1 amide bonds. The van der Waals surface area contributed by atoms with Crippen LogP contribution in [0.15, 0.2) is 53.8 Å². The van der Waals surface area contributed by atoms with Gasteiger partial charge in [-0.3, -0.25) is 4.79 Å². The number of hydrogen-bond acceptors (Lipinski definition) is 5. The molecule has 1 heterocycles. The lowest BCUT2D eigenvalue weighted by Gasteiger charge is -2.12. The highest BCUT2D eigenvalue weighted by Crippen LogP contribution is 2.27. The lowest BCUT2D eigenvalue weighted by Crippen LogP contribution is -2.31. The number of imidazole rings is 1. The highest BCUT2D eigenvalue weighted by Gasteiger charge is 2.24. The number of hydrogen-bond donors (Lipinski definition) is 1. The summed E-state index contributed by atoms with van der Waals surface area (Å²) in [4.78, 5) is 15.8. The first-order chi connectivity index (χ1) is 14.1. The normalized spacial score (nSPS) is 11.5. The smallest absolute Gasteiger partial charge is 0.285 e. The number of aromatic nitrogens is 2. The summed E-state index contributed by atoms with van der Waals surface area (Å²) in [6.07, 6.45) is 1.79. The van der Waals surface area contributed by atoms with Gasteiger partial charge in [-0.05, 0) is 38.1 Å². The van der Waals surface area contributed by atoms with Crippen LogP contribution >= 0.6 is 11.6 Å². The number of carbonyl (C=O) groups is 1. The molecule has 0 aliphatic carbocycles. The van der Waals surface area contributed by atoms with Gasteiger partial charge in [-0.1, -0.05) is 17.7 Å². The summed E-state index contributed by atoms with van der Waals surface area (Å²) >= 11 is 5.98. The van der Waals surface area contributed by atoms with Crippen LogP contribution in [0.3, 0.4) is 0 Å². The number of ether oxygens (including phenoxy) is 1. The SMILES string of the molecule is CC(C)Oc1ccc(Cl)c(S(=O)(=O)NC(=O)c2cn(-c3c(F)cccc3F)cn2)c1. The lowest BCUT2D eigenvalue weighted by atomic mass is 10.3. The van der Waals surface area contributed by atoms with Crippen LogP contribution in [0.2, 0.25) is 5.02 Å². The van der Waals surface area contributed by atoms with Gasteiger partial charge >= 0.3 is 0 Å². The molecule has 1 N–H and O–H groups in total. The van der Waals surface area contributed by atoms with Crippen molar-refractivity contribution in [2.45, 2.75) is 24.8 Å². The van der Waals surface area contributed by atoms with E-state index in [1.165, 1.54) is 24.3 Å². The van der Waals surface area contributed by atoms with Gasteiger partial charge in [0.05, 0.1) is 11.1 Å². The van der Waals surface area contributed by atoms with Crippen LogP contribution in [0.5, 0.6) is 5.75 Å². The molecule has 0 spiro atoms. The van der Waals surface area contributed by atoms with E-state index in [0.717, 1.165) is 29.2 Å². The average Bonchev–Trinajstić information content (AvgIpc) is 3.12. The Bertz CT molecular complexity index is 1190. The third-order valence-electron chi connectivity index (χ3n) is 3.80. The van der Waals surface area contributed by atoms with Crippen molar-refractivity contribution in [1.29, 1.82) is 0 Å². The highest BCUT2D eigenvalue weighted by molar-refractivity contribution is 7.90. The van der Waals surface area contributed by atoms with E-state index in [4.69, 9.17) is 16.3 Å². The summed E-state index contributed by atoms with van der Waals surface area (Å²) in [5.74, 6) is -2.60. The van der Waals surface area contributed by atoms with Gasteiger partial charge in [0.2, 0.25) is 0 Å². The van der Waals surface area contributed by atoms with E-state index in [1.807, 2.05) is 4.72 Å². The second kappa shape index (κ2) is 8.41. The number of para-hydroxylation sites is 1. The summed E-state index contributed by atoms with van der Waals surface area (Å²) < 4.78 is 61.3. The molecule has 158 valence electrons. The second-order valence-corrected chi connectivity index (χ2v) is 8.49. The molecule has 3 rings (SSSR count). The van der Waals surface area contributed by atoms with E-state index in [-0.39, 0.29) is 27.5 Å². The van der Waals surface area contributed by atoms with Gasteiger partial charge in [0, 0.05) is 12.3 Å². The Kier molecular flexibility index (Phi) is 6.09. The Balaban J connectivity index is 1.87. The maximum absolute atomic E-state index is 13.9. The maximum Gasteiger partial charge on any atom is 0.285 e. The van der Waals surface area contributed by atoms with Gasteiger partial charge in [0.15, 0.2) is 0 Å². The predicted octanol–water partition coefficient (Wildman–Crippen LogP) is 3.71. The minimum atomic E-state index is -4.38. The maximum atomic E-state index is 13.9. The molecule has 0 atom stereocenters. The Morgan fingerprint density at radius 1 is 1.20 bits per heavy atom. The van der Waals surface area contributed by atoms with Crippen LogP contribution in [0.1, 0.15) is 24.3 Å². The van der Waals surface area contributed by atoms with E-state index < -0.39 is 33.3 Å². The van der Waals surface area contributed by atoms with Crippen molar-refractivity contribution in [2.75, 3.05) is 0 Å². The van der Waals surface area contributed by atoms with Crippen LogP contribution in [-0.2, 0) is 10.0 Å². The topological polar surface area (TPSA) is 90.3 Å². The Morgan fingerprint density at radius 3 is 2.50 bits per heavy atom. The molecule has 2 aromatic carbocycles. The van der Waals surface area contributed by atoms with E-state index in [9.17, 15) is 22.0 Å². The van der Waals surface area contributed by atoms with Crippen LogP contribution in [0.25, 0.3) is 5.69 Å². The van der Waals surface area contributed by atoms with Gasteiger partial charge in [-0.2, -0.15) is 0 Å². The van der Waals surface area contributed by atoms with E-state index in [1.54, 1.807) is 13.8 Å². The number of sulfonamides is 1. The van der Waals surface area contributed by atoms with Crippen molar-refractivity contribution in [3.8, 4) is 11.4 Å². The standard InChI is InChI=1S/C19H16ClF2N3O4S/c1-11(2)29-12-6-7-13(20)17(8-12)30(27,28)24-19(26)16-9-25(10-23-16)18-14(21)4-3-5-15(18)22/h3-11H,1-2H3,(H,24,26). The summed E-state index contributed by atoms with van der Waals surface area (Å²) in [6, 6.07) is 7.27. The minimum Gasteiger partial charge on any atom is -0.491 e. The number of nitrogens with zero attached hydrogens (tertiary/aromatic N) is 2. The molecule has 0 saturated heterocycles. The van der Waals surface area contributed by atoms with E-state index in [0.29, 0.717) is 0 Å². The van der Waals surface area contributed by atoms with Gasteiger partial charge in [-0.15, -0.1) is 0 Å². The largest absolute Gasteiger partial charge is 0.491 e. The average molecular weight is 456 g/mol. The number of halogens is 3. The van der Waals surface area contributed by atoms with Gasteiger partial charge < -0.3 is 9.30 Å². The van der Waals surface area contributed by atoms with Crippen molar-refractivity contribution < 1.29 is 26.7 Å². The fourth-order valence-electron chi connectivity index (χ4n) is 2.56. The number of carbonyl (C=O) groups excluding carboxylic acids is 1. The molecular weight excluding hydrogens is 440 g/mol. The van der Waals surface area contributed by atoms with Crippen LogP contribution in [-0.4, -0.2) is 30.0 Å². The van der Waals surface area contributed by atoms with Crippen LogP contribution < -0.4 is 9.46 Å². The van der Waals surface area contributed by atoms with Crippen LogP contribution in [0, 0.1) is 11.6 Å². The first-order valence-corrected chi connectivity index (χ1v) is 10.5. The first-order valence-electron chi connectivity index (χ1n) is 8.60. The molecule has 0 aliphatic rings. The molecule has 0 fully saturated rings. The van der Waals surface area contributed by atoms with Crippen molar-refractivity contribution in [2.24, 2.45) is 0 Å². The first kappa shape index (κ1) is 21.7. The molecule has 0 radical (unpaired) electrons. The summed E-state index contributed by atoms with van der Waals surface area (Å²) in [5.41, 5.74) is -0.819. The van der Waals surface area contributed by atoms with Crippen molar-refractivity contribution >= 4 is 27.5 Å². The molecule has 0 saturated carbocycles. The molecule has 0 bridgehead atoms. The lowest BCUT2D eigenvalue weighted by molar-refractivity contribution is 0.0977. The summed E-state index contributed by atoms with van der Waals surface area (Å²) in [7, 11) is -4.38. The fourth-order valence-corrected chi connectivity index (χ4v) is 4.04. The molecule has 1 aromatic heterocycles. The molecule has 0 aliphatic heterocycles. The molecule has 30 heavy (non-hydrogen) atoms. The number of rotatable bonds is 6. The summed E-state index contributed by atoms with van der Waals surface area (Å²) in [5, 5.41) is -0.120. The Morgan fingerprint density at radius 2 is 1.87 bits per heavy atom. The van der Waals surface area contributed by atoms with Gasteiger partial charge in [0.1, 0.15) is 40.0 Å². The second-order valence-electron chi connectivity index (χ2n) is 6.43. The number of nitrogens with one attached hydrogen (secondary N) is 1. The Hall–Kier alpha value is -2.98. The van der Waals surface area contributed by atoms with Gasteiger partial charge in [0.25, 0.3) is 15.9 Å². The molecular formula is C19H16ClF2N3O4S. The number of amides is 1. The molecule has 3 aromatic rings. The third kappa shape index (κ3) is 4.60. The van der Waals surface area contributed by atoms with Crippen molar-refractivity contribution in [3.05, 3.63) is 71.3 Å². The predicted molar refractivity (Wildman–Crippen MR) is 105 cm³/mol. The summed E-state index contributed by atoms with van der Waals surface area (Å²) in [6.45, 7) is 3.53. The zero-order valence-corrected chi connectivity index (χ0v) is 17.3. The zero-order chi connectivity index (χ0) is 22.1. The molecule has 11 heteroatoms. The van der Waals surface area contributed by atoms with E-state index >= 15 is 0 Å². The minimum absolute atomic E-state index is 0.120. The monoisotopic (exact) mass is 455 g/mol. The highest BCUT2D eigenvalue weighted by atomic mass is 35.5. The quantitative estimate of drug-likeness (QED) is 0.612. The van der Waals surface area contributed by atoms with Crippen LogP contribution in [0.4, 0.5) is 8.78 Å². The number of benzene rings is 2. The van der Waals surface area contributed by atoms with E-state index in [2.05, 4.69) is 4.98 Å². The molecule has 7 nitrogen and oxygen atoms in total. The third-order valence-corrected chi connectivity index (χ3v) is 5.61.